The lowest BCUT2D eigenvalue weighted by Crippen LogP contribution is -2.45. The number of fused-ring (bicyclic) bond motifs is 1. The van der Waals surface area contributed by atoms with Crippen molar-refractivity contribution in [2.45, 2.75) is 19.8 Å². The van der Waals surface area contributed by atoms with Gasteiger partial charge in [-0.1, -0.05) is 13.0 Å². The fourth-order valence-electron chi connectivity index (χ4n) is 2.69. The zero-order valence-corrected chi connectivity index (χ0v) is 15.8. The van der Waals surface area contributed by atoms with Crippen molar-refractivity contribution in [3.63, 3.8) is 0 Å². The fourth-order valence-corrected chi connectivity index (χ4v) is 3.40. The number of amides is 3. The number of carbonyl (C=O) groups is 3. The number of thiophene rings is 1. The molecule has 3 amide bonds. The van der Waals surface area contributed by atoms with E-state index < -0.39 is 0 Å². The molecule has 0 bridgehead atoms. The summed E-state index contributed by atoms with van der Waals surface area (Å²) in [6, 6.07) is 8.87. The van der Waals surface area contributed by atoms with E-state index in [1.54, 1.807) is 18.2 Å². The third-order valence-corrected chi connectivity index (χ3v) is 4.85. The molecule has 2 heterocycles. The standard InChI is InChI=1S/C19H21N3O4S/c1-2-7-20-18(24)11-22-15-9-13(5-6-16(15)26-12-19(22)25)21-17(23)10-14-4-3-8-27-14/h3-6,8-9H,2,7,10-12H2,1H3,(H,20,24)(H,21,23). The second kappa shape index (κ2) is 8.68. The van der Waals surface area contributed by atoms with Crippen molar-refractivity contribution >= 4 is 40.4 Å². The largest absolute Gasteiger partial charge is 0.482 e. The minimum Gasteiger partial charge on any atom is -0.482 e. The number of benzene rings is 1. The summed E-state index contributed by atoms with van der Waals surface area (Å²) in [6.45, 7) is 2.32. The first kappa shape index (κ1) is 18.9. The molecule has 142 valence electrons. The van der Waals surface area contributed by atoms with Crippen LogP contribution in [0.4, 0.5) is 11.4 Å². The van der Waals surface area contributed by atoms with E-state index in [0.29, 0.717) is 23.7 Å². The van der Waals surface area contributed by atoms with Crippen LogP contribution < -0.4 is 20.3 Å². The van der Waals surface area contributed by atoms with Crippen molar-refractivity contribution in [1.29, 1.82) is 0 Å². The van der Waals surface area contributed by atoms with E-state index in [0.717, 1.165) is 11.3 Å². The molecular weight excluding hydrogens is 366 g/mol. The van der Waals surface area contributed by atoms with E-state index in [1.165, 1.54) is 16.2 Å². The summed E-state index contributed by atoms with van der Waals surface area (Å²) in [5, 5.41) is 7.51. The molecule has 7 nitrogen and oxygen atoms in total. The lowest BCUT2D eigenvalue weighted by molar-refractivity contribution is -0.125. The molecule has 2 aromatic rings. The van der Waals surface area contributed by atoms with Crippen molar-refractivity contribution in [3.8, 4) is 5.75 Å². The van der Waals surface area contributed by atoms with Crippen LogP contribution in [0.5, 0.6) is 5.75 Å². The van der Waals surface area contributed by atoms with Gasteiger partial charge in [-0.3, -0.25) is 19.3 Å². The predicted molar refractivity (Wildman–Crippen MR) is 104 cm³/mol. The molecule has 2 N–H and O–H groups in total. The van der Waals surface area contributed by atoms with Crippen LogP contribution in [0.1, 0.15) is 18.2 Å². The Labute approximate surface area is 161 Å². The van der Waals surface area contributed by atoms with Crippen molar-refractivity contribution in [3.05, 3.63) is 40.6 Å². The second-order valence-corrected chi connectivity index (χ2v) is 7.14. The van der Waals surface area contributed by atoms with Gasteiger partial charge in [0.25, 0.3) is 5.91 Å². The van der Waals surface area contributed by atoms with Gasteiger partial charge >= 0.3 is 0 Å². The molecule has 1 aliphatic heterocycles. The summed E-state index contributed by atoms with van der Waals surface area (Å²) in [5.74, 6) is -0.164. The van der Waals surface area contributed by atoms with Gasteiger partial charge in [-0.2, -0.15) is 0 Å². The van der Waals surface area contributed by atoms with Gasteiger partial charge in [-0.15, -0.1) is 11.3 Å². The molecule has 0 saturated heterocycles. The molecule has 0 unspecified atom stereocenters. The van der Waals surface area contributed by atoms with E-state index >= 15 is 0 Å². The van der Waals surface area contributed by atoms with Gasteiger partial charge in [0.1, 0.15) is 12.3 Å². The van der Waals surface area contributed by atoms with Crippen LogP contribution in [-0.4, -0.2) is 37.4 Å². The van der Waals surface area contributed by atoms with Gasteiger partial charge in [-0.05, 0) is 36.1 Å². The molecule has 0 saturated carbocycles. The fraction of sp³-hybridized carbons (Fsp3) is 0.316. The van der Waals surface area contributed by atoms with Crippen molar-refractivity contribution in [1.82, 2.24) is 5.32 Å². The average Bonchev–Trinajstić information content (AvgIpc) is 3.15. The van der Waals surface area contributed by atoms with Crippen LogP contribution in [0.3, 0.4) is 0 Å². The average molecular weight is 387 g/mol. The molecule has 8 heteroatoms. The van der Waals surface area contributed by atoms with Crippen LogP contribution in [0, 0.1) is 0 Å². The van der Waals surface area contributed by atoms with Crippen molar-refractivity contribution in [2.24, 2.45) is 0 Å². The zero-order valence-electron chi connectivity index (χ0n) is 15.0. The van der Waals surface area contributed by atoms with Gasteiger partial charge in [0.2, 0.25) is 11.8 Å². The Morgan fingerprint density at radius 2 is 2.11 bits per heavy atom. The summed E-state index contributed by atoms with van der Waals surface area (Å²) in [5.41, 5.74) is 1.03. The molecule has 0 radical (unpaired) electrons. The number of nitrogens with one attached hydrogen (secondary N) is 2. The molecule has 1 aromatic heterocycles. The SMILES string of the molecule is CCCNC(=O)CN1C(=O)COc2ccc(NC(=O)Cc3cccs3)cc21. The van der Waals surface area contributed by atoms with Gasteiger partial charge < -0.3 is 15.4 Å². The molecule has 0 atom stereocenters. The van der Waals surface area contributed by atoms with Gasteiger partial charge in [0, 0.05) is 17.1 Å². The first-order chi connectivity index (χ1) is 13.1. The minimum atomic E-state index is -0.295. The van der Waals surface area contributed by atoms with E-state index in [9.17, 15) is 14.4 Å². The maximum absolute atomic E-state index is 12.2. The summed E-state index contributed by atoms with van der Waals surface area (Å²) < 4.78 is 5.44. The topological polar surface area (TPSA) is 87.7 Å². The summed E-state index contributed by atoms with van der Waals surface area (Å²) in [6.07, 6.45) is 1.10. The number of hydrogen-bond donors (Lipinski definition) is 2. The Kier molecular flexibility index (Phi) is 6.08. The van der Waals surface area contributed by atoms with E-state index in [-0.39, 0.29) is 37.3 Å². The molecule has 3 rings (SSSR count). The van der Waals surface area contributed by atoms with Crippen molar-refractivity contribution < 1.29 is 19.1 Å². The van der Waals surface area contributed by atoms with Crippen LogP contribution in [-0.2, 0) is 20.8 Å². The molecule has 1 aliphatic rings. The monoisotopic (exact) mass is 387 g/mol. The molecule has 0 aliphatic carbocycles. The predicted octanol–water partition coefficient (Wildman–Crippen LogP) is 2.18. The van der Waals surface area contributed by atoms with Gasteiger partial charge in [-0.25, -0.2) is 0 Å². The highest BCUT2D eigenvalue weighted by Crippen LogP contribution is 2.34. The molecule has 0 spiro atoms. The molecule has 0 fully saturated rings. The number of ether oxygens (including phenoxy) is 1. The Morgan fingerprint density at radius 3 is 2.85 bits per heavy atom. The maximum atomic E-state index is 12.2. The Morgan fingerprint density at radius 1 is 1.26 bits per heavy atom. The van der Waals surface area contributed by atoms with E-state index in [1.807, 2.05) is 24.4 Å². The highest BCUT2D eigenvalue weighted by molar-refractivity contribution is 7.10. The third-order valence-electron chi connectivity index (χ3n) is 3.97. The van der Waals surface area contributed by atoms with Crippen LogP contribution in [0.25, 0.3) is 0 Å². The van der Waals surface area contributed by atoms with Crippen LogP contribution >= 0.6 is 11.3 Å². The highest BCUT2D eigenvalue weighted by Gasteiger charge is 2.27. The van der Waals surface area contributed by atoms with Crippen molar-refractivity contribution in [2.75, 3.05) is 29.9 Å². The molecule has 27 heavy (non-hydrogen) atoms. The van der Waals surface area contributed by atoms with Crippen LogP contribution in [0.2, 0.25) is 0 Å². The minimum absolute atomic E-state index is 0.0816. The Balaban J connectivity index is 1.73. The second-order valence-electron chi connectivity index (χ2n) is 6.11. The zero-order chi connectivity index (χ0) is 19.2. The highest BCUT2D eigenvalue weighted by atomic mass is 32.1. The number of anilines is 2. The first-order valence-electron chi connectivity index (χ1n) is 8.73. The summed E-state index contributed by atoms with van der Waals surface area (Å²) >= 11 is 1.52. The molecular formula is C19H21N3O4S. The summed E-state index contributed by atoms with van der Waals surface area (Å²) in [4.78, 5) is 38.9. The van der Waals surface area contributed by atoms with Gasteiger partial charge in [0.15, 0.2) is 6.61 Å². The number of carbonyl (C=O) groups excluding carboxylic acids is 3. The normalized spacial score (nSPS) is 12.9. The quantitative estimate of drug-likeness (QED) is 0.762. The number of hydrogen-bond acceptors (Lipinski definition) is 5. The number of rotatable bonds is 7. The Bertz CT molecular complexity index is 835. The Hall–Kier alpha value is -2.87. The summed E-state index contributed by atoms with van der Waals surface area (Å²) in [7, 11) is 0. The van der Waals surface area contributed by atoms with Gasteiger partial charge in [0.05, 0.1) is 12.1 Å². The smallest absolute Gasteiger partial charge is 0.265 e. The number of nitrogens with zero attached hydrogens (tertiary/aromatic N) is 1. The third kappa shape index (κ3) is 4.85. The maximum Gasteiger partial charge on any atom is 0.265 e. The molecule has 1 aromatic carbocycles. The lowest BCUT2D eigenvalue weighted by atomic mass is 10.2. The van der Waals surface area contributed by atoms with Crippen LogP contribution in [0.15, 0.2) is 35.7 Å². The van der Waals surface area contributed by atoms with E-state index in [4.69, 9.17) is 4.74 Å². The lowest BCUT2D eigenvalue weighted by Gasteiger charge is -2.29. The van der Waals surface area contributed by atoms with E-state index in [2.05, 4.69) is 10.6 Å². The first-order valence-corrected chi connectivity index (χ1v) is 9.61.